The van der Waals surface area contributed by atoms with Crippen LogP contribution in [0.2, 0.25) is 0 Å². The van der Waals surface area contributed by atoms with Crippen LogP contribution in [0.25, 0.3) is 0 Å². The molecule has 0 amide bonds. The van der Waals surface area contributed by atoms with E-state index in [-0.39, 0.29) is 0 Å². The van der Waals surface area contributed by atoms with Gasteiger partial charge >= 0.3 is 6.09 Å². The van der Waals surface area contributed by atoms with Crippen molar-refractivity contribution in [3.05, 3.63) is 28.2 Å². The highest BCUT2D eigenvalue weighted by atomic mass is 32.1. The third kappa shape index (κ3) is 3.37. The molecule has 0 aliphatic heterocycles. The van der Waals surface area contributed by atoms with Crippen LogP contribution < -0.4 is 5.56 Å². The zero-order chi connectivity index (χ0) is 12.3. The molecule has 0 N–H and O–H groups in total. The van der Waals surface area contributed by atoms with Crippen molar-refractivity contribution in [1.82, 2.24) is 9.78 Å². The molecule has 0 aliphatic rings. The van der Waals surface area contributed by atoms with Gasteiger partial charge in [0.1, 0.15) is 5.60 Å². The first-order valence-electron chi connectivity index (χ1n) is 4.76. The average molecular weight is 242 g/mol. The minimum Gasteiger partial charge on any atom is -0.442 e. The first-order chi connectivity index (χ1) is 7.33. The van der Waals surface area contributed by atoms with E-state index in [1.165, 1.54) is 12.3 Å². The maximum Gasteiger partial charge on any atom is 0.438 e. The zero-order valence-corrected chi connectivity index (χ0v) is 10.3. The van der Waals surface area contributed by atoms with Crippen molar-refractivity contribution >= 4 is 18.7 Å². The summed E-state index contributed by atoms with van der Waals surface area (Å²) in [5.41, 5.74) is -0.505. The number of thiol groups is 1. The molecule has 16 heavy (non-hydrogen) atoms. The van der Waals surface area contributed by atoms with Crippen LogP contribution in [0.1, 0.15) is 26.3 Å². The van der Waals surface area contributed by atoms with Crippen LogP contribution in [0.15, 0.2) is 17.1 Å². The lowest BCUT2D eigenvalue weighted by Gasteiger charge is -2.19. The van der Waals surface area contributed by atoms with E-state index in [9.17, 15) is 9.59 Å². The molecule has 0 aliphatic carbocycles. The van der Waals surface area contributed by atoms with Gasteiger partial charge in [-0.1, -0.05) is 0 Å². The number of carbonyl (C=O) groups is 1. The average Bonchev–Trinajstić information content (AvgIpc) is 2.14. The molecule has 1 aromatic heterocycles. The highest BCUT2D eigenvalue weighted by molar-refractivity contribution is 7.79. The van der Waals surface area contributed by atoms with Crippen LogP contribution in [0, 0.1) is 0 Å². The first-order valence-corrected chi connectivity index (χ1v) is 5.39. The summed E-state index contributed by atoms with van der Waals surface area (Å²) in [7, 11) is 0. The van der Waals surface area contributed by atoms with Gasteiger partial charge in [0, 0.05) is 11.8 Å². The molecule has 0 aromatic carbocycles. The van der Waals surface area contributed by atoms with Crippen molar-refractivity contribution in [2.24, 2.45) is 0 Å². The van der Waals surface area contributed by atoms with Crippen LogP contribution in [-0.2, 0) is 10.5 Å². The summed E-state index contributed by atoms with van der Waals surface area (Å²) in [5, 5.41) is 3.71. The fraction of sp³-hybridized carbons (Fsp3) is 0.500. The Kier molecular flexibility index (Phi) is 3.74. The Morgan fingerprint density at radius 1 is 1.56 bits per heavy atom. The minimum atomic E-state index is -0.775. The van der Waals surface area contributed by atoms with Crippen molar-refractivity contribution < 1.29 is 9.53 Å². The number of ether oxygens (including phenoxy) is 1. The second kappa shape index (κ2) is 4.69. The minimum absolute atomic E-state index is 0.400. The van der Waals surface area contributed by atoms with Crippen molar-refractivity contribution in [2.45, 2.75) is 32.1 Å². The predicted molar refractivity (Wildman–Crippen MR) is 62.8 cm³/mol. The summed E-state index contributed by atoms with van der Waals surface area (Å²) in [6.07, 6.45) is 0.640. The van der Waals surface area contributed by atoms with Gasteiger partial charge in [0.05, 0.1) is 6.20 Å². The summed E-state index contributed by atoms with van der Waals surface area (Å²) in [6.45, 7) is 5.16. The van der Waals surface area contributed by atoms with Crippen LogP contribution in [0.3, 0.4) is 0 Å². The van der Waals surface area contributed by atoms with E-state index in [1.807, 2.05) is 0 Å². The maximum atomic E-state index is 11.5. The Bertz CT molecular complexity index is 448. The summed E-state index contributed by atoms with van der Waals surface area (Å²) in [4.78, 5) is 23.0. The maximum absolute atomic E-state index is 11.5. The lowest BCUT2D eigenvalue weighted by molar-refractivity contribution is 0.0505. The summed E-state index contributed by atoms with van der Waals surface area (Å²) < 4.78 is 5.71. The van der Waals surface area contributed by atoms with Gasteiger partial charge in [-0.2, -0.15) is 17.7 Å². The van der Waals surface area contributed by atoms with E-state index in [1.54, 1.807) is 20.8 Å². The number of hydrogen-bond donors (Lipinski definition) is 1. The van der Waals surface area contributed by atoms with Crippen LogP contribution in [-0.4, -0.2) is 21.5 Å². The SMILES string of the molecule is CC(C)(C)OC(=O)n1ncc(CS)cc1=O. The van der Waals surface area contributed by atoms with Gasteiger partial charge in [-0.05, 0) is 26.3 Å². The largest absolute Gasteiger partial charge is 0.442 e. The van der Waals surface area contributed by atoms with Gasteiger partial charge in [0.2, 0.25) is 0 Å². The second-order valence-corrected chi connectivity index (χ2v) is 4.57. The third-order valence-corrected chi connectivity index (χ3v) is 1.97. The third-order valence-electron chi connectivity index (χ3n) is 1.61. The van der Waals surface area contributed by atoms with Crippen LogP contribution in [0.4, 0.5) is 4.79 Å². The highest BCUT2D eigenvalue weighted by Crippen LogP contribution is 2.07. The molecule has 0 saturated carbocycles. The topological polar surface area (TPSA) is 61.2 Å². The molecule has 0 spiro atoms. The van der Waals surface area contributed by atoms with E-state index in [2.05, 4.69) is 17.7 Å². The van der Waals surface area contributed by atoms with Crippen molar-refractivity contribution in [3.63, 3.8) is 0 Å². The summed E-state index contributed by atoms with van der Waals surface area (Å²) in [6, 6.07) is 1.31. The van der Waals surface area contributed by atoms with Gasteiger partial charge in [0.15, 0.2) is 0 Å². The monoisotopic (exact) mass is 242 g/mol. The molecule has 6 heteroatoms. The molecule has 1 aromatic rings. The summed E-state index contributed by atoms with van der Waals surface area (Å²) in [5.74, 6) is 0.400. The Balaban J connectivity index is 2.97. The molecule has 0 radical (unpaired) electrons. The number of aromatic nitrogens is 2. The van der Waals surface area contributed by atoms with Crippen molar-refractivity contribution in [3.8, 4) is 0 Å². The molecule has 1 rings (SSSR count). The molecule has 0 fully saturated rings. The summed E-state index contributed by atoms with van der Waals surface area (Å²) >= 11 is 4.01. The standard InChI is InChI=1S/C10H14N2O3S/c1-10(2,3)15-9(14)12-8(13)4-7(6-16)5-11-12/h4-5,16H,6H2,1-3H3. The van der Waals surface area contributed by atoms with Crippen LogP contribution in [0.5, 0.6) is 0 Å². The molecule has 0 unspecified atom stereocenters. The first kappa shape index (κ1) is 12.8. The molecule has 5 nitrogen and oxygen atoms in total. The van der Waals surface area contributed by atoms with Gasteiger partial charge in [0.25, 0.3) is 5.56 Å². The molecule has 0 saturated heterocycles. The Labute approximate surface area is 98.8 Å². The number of hydrogen-bond acceptors (Lipinski definition) is 5. The van der Waals surface area contributed by atoms with Crippen LogP contribution >= 0.6 is 12.6 Å². The van der Waals surface area contributed by atoms with Gasteiger partial charge in [-0.15, -0.1) is 4.68 Å². The molecular weight excluding hydrogens is 228 g/mol. The van der Waals surface area contributed by atoms with Gasteiger partial charge in [-0.25, -0.2) is 4.79 Å². The number of rotatable bonds is 1. The fourth-order valence-electron chi connectivity index (χ4n) is 0.975. The van der Waals surface area contributed by atoms with Crippen molar-refractivity contribution in [2.75, 3.05) is 0 Å². The molecular formula is C10H14N2O3S. The fourth-order valence-corrected chi connectivity index (χ4v) is 1.15. The molecule has 0 bridgehead atoms. The second-order valence-electron chi connectivity index (χ2n) is 4.25. The number of nitrogens with zero attached hydrogens (tertiary/aromatic N) is 2. The van der Waals surface area contributed by atoms with Crippen molar-refractivity contribution in [1.29, 1.82) is 0 Å². The van der Waals surface area contributed by atoms with Gasteiger partial charge < -0.3 is 4.74 Å². The lowest BCUT2D eigenvalue weighted by Crippen LogP contribution is -2.35. The number of carbonyl (C=O) groups excluding carboxylic acids is 1. The van der Waals surface area contributed by atoms with E-state index in [0.717, 1.165) is 0 Å². The normalized spacial score (nSPS) is 11.2. The van der Waals surface area contributed by atoms with E-state index < -0.39 is 17.3 Å². The zero-order valence-electron chi connectivity index (χ0n) is 9.43. The Morgan fingerprint density at radius 3 is 2.62 bits per heavy atom. The predicted octanol–water partition coefficient (Wildman–Crippen LogP) is 1.46. The van der Waals surface area contributed by atoms with E-state index in [4.69, 9.17) is 4.74 Å². The van der Waals surface area contributed by atoms with E-state index in [0.29, 0.717) is 16.0 Å². The smallest absolute Gasteiger partial charge is 0.438 e. The molecule has 1 heterocycles. The Morgan fingerprint density at radius 2 is 2.19 bits per heavy atom. The molecule has 0 atom stereocenters. The Hall–Kier alpha value is -1.30. The lowest BCUT2D eigenvalue weighted by atomic mass is 10.2. The molecule has 88 valence electrons. The quantitative estimate of drug-likeness (QED) is 0.757. The highest BCUT2D eigenvalue weighted by Gasteiger charge is 2.19. The van der Waals surface area contributed by atoms with E-state index >= 15 is 0 Å². The van der Waals surface area contributed by atoms with Gasteiger partial charge in [-0.3, -0.25) is 4.79 Å².